The first-order valence-corrected chi connectivity index (χ1v) is 19.2. The van der Waals surface area contributed by atoms with Gasteiger partial charge in [0, 0.05) is 65.5 Å². The van der Waals surface area contributed by atoms with Crippen molar-refractivity contribution in [3.63, 3.8) is 0 Å². The summed E-state index contributed by atoms with van der Waals surface area (Å²) in [5.41, 5.74) is 4.99. The van der Waals surface area contributed by atoms with Crippen molar-refractivity contribution in [2.75, 3.05) is 50.8 Å². The molecule has 3 fully saturated rings. The lowest BCUT2D eigenvalue weighted by atomic mass is 9.90. The van der Waals surface area contributed by atoms with Crippen molar-refractivity contribution in [3.8, 4) is 22.9 Å². The van der Waals surface area contributed by atoms with Gasteiger partial charge in [-0.1, -0.05) is 29.8 Å². The molecule has 2 N–H and O–H groups in total. The lowest BCUT2D eigenvalue weighted by Crippen LogP contribution is -2.54. The van der Waals surface area contributed by atoms with Crippen LogP contribution in [0.15, 0.2) is 54.9 Å². The normalized spacial score (nSPS) is 20.3. The molecular formula is C40H44ClF2N9O3. The molecule has 2 aromatic carbocycles. The van der Waals surface area contributed by atoms with Crippen LogP contribution in [0.2, 0.25) is 5.02 Å². The number of H-pyrrole nitrogens is 1. The molecule has 15 heteroatoms. The van der Waals surface area contributed by atoms with Crippen molar-refractivity contribution in [1.82, 2.24) is 39.8 Å². The number of rotatable bonds is 10. The second kappa shape index (κ2) is 15.7. The highest BCUT2D eigenvalue weighted by Gasteiger charge is 2.32. The molecular weight excluding hydrogens is 728 g/mol. The predicted octanol–water partition coefficient (Wildman–Crippen LogP) is 6.14. The first kappa shape index (κ1) is 37.0. The number of hydrogen-bond donors (Lipinski definition) is 2. The van der Waals surface area contributed by atoms with E-state index in [1.165, 1.54) is 12.3 Å². The number of alkyl halides is 1. The Morgan fingerprint density at radius 1 is 1.04 bits per heavy atom. The molecule has 0 bridgehead atoms. The smallest absolute Gasteiger partial charge is 0.234 e. The Bertz CT molecular complexity index is 2200. The van der Waals surface area contributed by atoms with Crippen LogP contribution >= 0.6 is 11.6 Å². The third-order valence-electron chi connectivity index (χ3n) is 11.2. The Hall–Kier alpha value is -4.92. The molecule has 0 saturated carbocycles. The molecule has 12 nitrogen and oxygen atoms in total. The molecule has 288 valence electrons. The van der Waals surface area contributed by atoms with Gasteiger partial charge in [0.15, 0.2) is 11.4 Å². The zero-order valence-corrected chi connectivity index (χ0v) is 31.7. The minimum Gasteiger partial charge on any atom is -0.453 e. The number of imide groups is 1. The van der Waals surface area contributed by atoms with Crippen LogP contribution in [0.5, 0.6) is 11.5 Å². The fourth-order valence-electron chi connectivity index (χ4n) is 8.19. The molecule has 6 heterocycles. The van der Waals surface area contributed by atoms with E-state index < -0.39 is 12.6 Å². The van der Waals surface area contributed by atoms with Gasteiger partial charge in [0.1, 0.15) is 34.6 Å². The highest BCUT2D eigenvalue weighted by atomic mass is 35.5. The monoisotopic (exact) mass is 771 g/mol. The summed E-state index contributed by atoms with van der Waals surface area (Å²) in [5, 5.41) is 7.12. The summed E-state index contributed by atoms with van der Waals surface area (Å²) in [6.45, 7) is 6.77. The quantitative estimate of drug-likeness (QED) is 0.161. The van der Waals surface area contributed by atoms with E-state index in [1.54, 1.807) is 16.8 Å². The molecule has 8 rings (SSSR count). The largest absolute Gasteiger partial charge is 0.453 e. The zero-order valence-electron chi connectivity index (χ0n) is 30.9. The van der Waals surface area contributed by atoms with Gasteiger partial charge >= 0.3 is 0 Å². The van der Waals surface area contributed by atoms with E-state index in [0.717, 1.165) is 62.4 Å². The van der Waals surface area contributed by atoms with Crippen LogP contribution in [0.25, 0.3) is 22.6 Å². The van der Waals surface area contributed by atoms with E-state index in [4.69, 9.17) is 16.3 Å². The van der Waals surface area contributed by atoms with Crippen molar-refractivity contribution < 1.29 is 23.1 Å². The summed E-state index contributed by atoms with van der Waals surface area (Å²) in [6, 6.07) is 12.6. The summed E-state index contributed by atoms with van der Waals surface area (Å²) < 4.78 is 37.7. The van der Waals surface area contributed by atoms with E-state index in [0.29, 0.717) is 70.2 Å². The predicted molar refractivity (Wildman–Crippen MR) is 205 cm³/mol. The highest BCUT2D eigenvalue weighted by Crippen LogP contribution is 2.37. The van der Waals surface area contributed by atoms with Crippen LogP contribution in [-0.4, -0.2) is 98.3 Å². The number of hydrogen-bond acceptors (Lipinski definition) is 9. The van der Waals surface area contributed by atoms with E-state index in [-0.39, 0.29) is 30.1 Å². The van der Waals surface area contributed by atoms with Gasteiger partial charge in [-0.25, -0.2) is 18.7 Å². The van der Waals surface area contributed by atoms with Crippen molar-refractivity contribution in [2.24, 2.45) is 13.0 Å². The molecule has 3 aliphatic rings. The fraction of sp³-hybridized carbons (Fsp3) is 0.425. The maximum atomic E-state index is 15.3. The SMILES string of the molecule is Cc1nn(C)cc1-c1nc2ncc(Cl)c(Oc3ccc(CN4CCN(CC5CCN(c6ccc(C7CCC(=O)NC7=O)cc6F)CC5)CC4CF)cc3)c2[nH]1. The van der Waals surface area contributed by atoms with E-state index in [9.17, 15) is 14.0 Å². The molecule has 2 unspecified atom stereocenters. The number of anilines is 1. The first-order chi connectivity index (χ1) is 26.6. The summed E-state index contributed by atoms with van der Waals surface area (Å²) in [7, 11) is 1.86. The Kier molecular flexibility index (Phi) is 10.6. The van der Waals surface area contributed by atoms with E-state index in [2.05, 4.69) is 40.1 Å². The number of halogens is 3. The zero-order chi connectivity index (χ0) is 38.2. The third-order valence-corrected chi connectivity index (χ3v) is 11.4. The number of carbonyl (C=O) groups excluding carboxylic acids is 2. The summed E-state index contributed by atoms with van der Waals surface area (Å²) >= 11 is 6.55. The lowest BCUT2D eigenvalue weighted by Gasteiger charge is -2.43. The standard InChI is InChI=1S/C40H44ClF2N9O3/c1-24-31(23-49(2)48-24)38-46-36-37(32(41)19-44-39(36)47-38)55-29-6-3-25(4-7-29)21-52-16-15-50(22-28(52)18-42)20-26-11-13-51(14-12-26)34-9-5-27(17-33(34)43)30-8-10-35(53)45-40(30)54/h3-7,9,17,19,23,26,28,30H,8,10-16,18,20-22H2,1-2H3,(H,44,46,47)(H,45,53,54). The number of nitrogens with one attached hydrogen (secondary N) is 2. The Labute approximate surface area is 322 Å². The number of carbonyl (C=O) groups is 2. The van der Waals surface area contributed by atoms with Gasteiger partial charge in [0.2, 0.25) is 11.8 Å². The minimum atomic E-state index is -0.508. The topological polar surface area (TPSA) is 125 Å². The number of amides is 2. The number of aromatic nitrogens is 5. The molecule has 55 heavy (non-hydrogen) atoms. The third kappa shape index (κ3) is 7.94. The van der Waals surface area contributed by atoms with Gasteiger partial charge in [-0.2, -0.15) is 5.10 Å². The van der Waals surface area contributed by atoms with Crippen LogP contribution in [0, 0.1) is 18.7 Å². The second-order valence-electron chi connectivity index (χ2n) is 15.0. The van der Waals surface area contributed by atoms with Crippen LogP contribution in [-0.2, 0) is 23.2 Å². The van der Waals surface area contributed by atoms with Crippen molar-refractivity contribution in [2.45, 2.75) is 51.1 Å². The molecule has 0 radical (unpaired) electrons. The molecule has 3 aliphatic heterocycles. The maximum Gasteiger partial charge on any atom is 0.234 e. The molecule has 2 atom stereocenters. The van der Waals surface area contributed by atoms with Crippen LogP contribution < -0.4 is 15.0 Å². The molecule has 3 saturated heterocycles. The Morgan fingerprint density at radius 3 is 2.55 bits per heavy atom. The fourth-order valence-corrected chi connectivity index (χ4v) is 8.38. The van der Waals surface area contributed by atoms with Crippen LogP contribution in [0.1, 0.15) is 48.4 Å². The Balaban J connectivity index is 0.832. The second-order valence-corrected chi connectivity index (χ2v) is 15.4. The van der Waals surface area contributed by atoms with Gasteiger partial charge in [0.05, 0.1) is 35.1 Å². The van der Waals surface area contributed by atoms with Gasteiger partial charge in [-0.15, -0.1) is 0 Å². The number of imidazole rings is 1. The number of piperazine rings is 1. The first-order valence-electron chi connectivity index (χ1n) is 18.8. The molecule has 2 amide bonds. The highest BCUT2D eigenvalue weighted by molar-refractivity contribution is 6.32. The van der Waals surface area contributed by atoms with Gasteiger partial charge in [-0.3, -0.25) is 24.5 Å². The van der Waals surface area contributed by atoms with Crippen LogP contribution in [0.3, 0.4) is 0 Å². The van der Waals surface area contributed by atoms with E-state index >= 15 is 4.39 Å². The molecule has 3 aromatic heterocycles. The number of benzene rings is 2. The average molecular weight is 772 g/mol. The number of piperidine rings is 2. The Morgan fingerprint density at radius 2 is 1.84 bits per heavy atom. The van der Waals surface area contributed by atoms with Gasteiger partial charge < -0.3 is 19.5 Å². The molecule has 5 aromatic rings. The molecule has 0 spiro atoms. The summed E-state index contributed by atoms with van der Waals surface area (Å²) in [6.07, 6.45) is 5.92. The molecule has 0 aliphatic carbocycles. The lowest BCUT2D eigenvalue weighted by molar-refractivity contribution is -0.134. The number of aromatic amines is 1. The van der Waals surface area contributed by atoms with Crippen molar-refractivity contribution in [1.29, 1.82) is 0 Å². The number of ether oxygens (including phenoxy) is 1. The minimum absolute atomic E-state index is 0.205. The summed E-state index contributed by atoms with van der Waals surface area (Å²) in [5.74, 6) is 0.628. The summed E-state index contributed by atoms with van der Waals surface area (Å²) in [4.78, 5) is 42.8. The van der Waals surface area contributed by atoms with Gasteiger partial charge in [-0.05, 0) is 67.5 Å². The van der Waals surface area contributed by atoms with Gasteiger partial charge in [0.25, 0.3) is 0 Å². The van der Waals surface area contributed by atoms with Crippen molar-refractivity contribution in [3.05, 3.63) is 82.5 Å². The van der Waals surface area contributed by atoms with Crippen LogP contribution in [0.4, 0.5) is 14.5 Å². The number of fused-ring (bicyclic) bond motifs is 1. The average Bonchev–Trinajstić information content (AvgIpc) is 3.76. The van der Waals surface area contributed by atoms with E-state index in [1.807, 2.05) is 44.4 Å². The number of nitrogens with zero attached hydrogens (tertiary/aromatic N) is 7. The number of aryl methyl sites for hydroxylation is 2. The maximum absolute atomic E-state index is 15.3. The van der Waals surface area contributed by atoms with Crippen molar-refractivity contribution >= 4 is 40.3 Å². The number of pyridine rings is 1.